The lowest BCUT2D eigenvalue weighted by atomic mass is 10.1. The van der Waals surface area contributed by atoms with Crippen molar-refractivity contribution in [2.24, 2.45) is 0 Å². The fourth-order valence-electron chi connectivity index (χ4n) is 1.12. The Morgan fingerprint density at radius 2 is 2.13 bits per heavy atom. The Hall–Kier alpha value is -0.550. The van der Waals surface area contributed by atoms with Crippen LogP contribution in [-0.4, -0.2) is 12.6 Å². The SMILES string of the molecule is CCOC(=O)c1cc(Br)c(C)c(Br)c1N. The number of carbonyl (C=O) groups is 1. The number of hydrogen-bond acceptors (Lipinski definition) is 3. The zero-order valence-electron chi connectivity index (χ0n) is 8.43. The number of anilines is 1. The van der Waals surface area contributed by atoms with E-state index >= 15 is 0 Å². The van der Waals surface area contributed by atoms with Crippen LogP contribution in [0.1, 0.15) is 22.8 Å². The van der Waals surface area contributed by atoms with Crippen LogP contribution in [0.3, 0.4) is 0 Å². The number of ether oxygens (including phenoxy) is 1. The van der Waals surface area contributed by atoms with Crippen molar-refractivity contribution in [3.63, 3.8) is 0 Å². The van der Waals surface area contributed by atoms with Gasteiger partial charge < -0.3 is 10.5 Å². The summed E-state index contributed by atoms with van der Waals surface area (Å²) in [6.07, 6.45) is 0. The van der Waals surface area contributed by atoms with Crippen LogP contribution in [0.25, 0.3) is 0 Å². The molecule has 15 heavy (non-hydrogen) atoms. The first-order chi connectivity index (χ1) is 6.99. The van der Waals surface area contributed by atoms with E-state index in [9.17, 15) is 4.79 Å². The molecule has 82 valence electrons. The monoisotopic (exact) mass is 335 g/mol. The molecule has 3 nitrogen and oxygen atoms in total. The average Bonchev–Trinajstić information content (AvgIpc) is 2.20. The van der Waals surface area contributed by atoms with Gasteiger partial charge in [-0.15, -0.1) is 0 Å². The van der Waals surface area contributed by atoms with E-state index in [-0.39, 0.29) is 0 Å². The van der Waals surface area contributed by atoms with Crippen LogP contribution in [-0.2, 0) is 4.74 Å². The third-order valence-corrected chi connectivity index (χ3v) is 3.83. The second-order valence-electron chi connectivity index (χ2n) is 2.98. The van der Waals surface area contributed by atoms with Gasteiger partial charge >= 0.3 is 5.97 Å². The number of hydrogen-bond donors (Lipinski definition) is 1. The molecular formula is C10H11Br2NO2. The Balaban J connectivity index is 3.26. The van der Waals surface area contributed by atoms with Crippen molar-refractivity contribution in [1.29, 1.82) is 0 Å². The lowest BCUT2D eigenvalue weighted by molar-refractivity contribution is 0.0527. The number of nitrogens with two attached hydrogens (primary N) is 1. The van der Waals surface area contributed by atoms with Crippen LogP contribution in [0, 0.1) is 6.92 Å². The highest BCUT2D eigenvalue weighted by atomic mass is 79.9. The molecule has 2 N–H and O–H groups in total. The summed E-state index contributed by atoms with van der Waals surface area (Å²) >= 11 is 6.69. The molecule has 0 amide bonds. The Bertz CT molecular complexity index is 405. The lowest BCUT2D eigenvalue weighted by Crippen LogP contribution is -2.09. The first-order valence-electron chi connectivity index (χ1n) is 4.40. The summed E-state index contributed by atoms with van der Waals surface area (Å²) in [6.45, 7) is 3.99. The van der Waals surface area contributed by atoms with E-state index in [1.807, 2.05) is 6.92 Å². The fraction of sp³-hybridized carbons (Fsp3) is 0.300. The van der Waals surface area contributed by atoms with Crippen LogP contribution in [0.4, 0.5) is 5.69 Å². The van der Waals surface area contributed by atoms with Crippen molar-refractivity contribution in [2.45, 2.75) is 13.8 Å². The molecule has 0 aliphatic rings. The van der Waals surface area contributed by atoms with Crippen molar-refractivity contribution in [1.82, 2.24) is 0 Å². The van der Waals surface area contributed by atoms with Gasteiger partial charge in [-0.25, -0.2) is 4.79 Å². The molecule has 0 heterocycles. The molecule has 0 saturated heterocycles. The number of rotatable bonds is 2. The largest absolute Gasteiger partial charge is 0.462 e. The molecule has 0 fully saturated rings. The molecule has 0 aliphatic carbocycles. The van der Waals surface area contributed by atoms with Crippen molar-refractivity contribution in [3.8, 4) is 0 Å². The molecule has 0 radical (unpaired) electrons. The third-order valence-electron chi connectivity index (χ3n) is 1.98. The van der Waals surface area contributed by atoms with Crippen LogP contribution < -0.4 is 5.73 Å². The standard InChI is InChI=1S/C10H11Br2NO2/c1-3-15-10(14)6-4-7(11)5(2)8(12)9(6)13/h4H,3,13H2,1-2H3. The minimum atomic E-state index is -0.406. The topological polar surface area (TPSA) is 52.3 Å². The molecule has 0 bridgehead atoms. The number of carbonyl (C=O) groups excluding carboxylic acids is 1. The Kier molecular flexibility index (Phi) is 4.16. The summed E-state index contributed by atoms with van der Waals surface area (Å²) in [5.74, 6) is -0.406. The first kappa shape index (κ1) is 12.5. The van der Waals surface area contributed by atoms with E-state index in [2.05, 4.69) is 31.9 Å². The van der Waals surface area contributed by atoms with E-state index in [4.69, 9.17) is 10.5 Å². The van der Waals surface area contributed by atoms with Gasteiger partial charge in [-0.3, -0.25) is 0 Å². The van der Waals surface area contributed by atoms with Gasteiger partial charge in [-0.1, -0.05) is 15.9 Å². The van der Waals surface area contributed by atoms with Crippen molar-refractivity contribution >= 4 is 43.5 Å². The zero-order valence-corrected chi connectivity index (χ0v) is 11.6. The fourth-order valence-corrected chi connectivity index (χ4v) is 2.24. The molecule has 0 saturated carbocycles. The predicted octanol–water partition coefficient (Wildman–Crippen LogP) is 3.28. The summed E-state index contributed by atoms with van der Waals surface area (Å²) < 4.78 is 6.45. The van der Waals surface area contributed by atoms with Gasteiger partial charge in [0, 0.05) is 8.95 Å². The molecule has 1 aromatic carbocycles. The van der Waals surface area contributed by atoms with E-state index in [0.717, 1.165) is 14.5 Å². The Labute approximate surface area is 105 Å². The first-order valence-corrected chi connectivity index (χ1v) is 5.98. The van der Waals surface area contributed by atoms with Crippen molar-refractivity contribution in [2.75, 3.05) is 12.3 Å². The van der Waals surface area contributed by atoms with Crippen LogP contribution in [0.2, 0.25) is 0 Å². The number of nitrogen functional groups attached to an aromatic ring is 1. The van der Waals surface area contributed by atoms with Gasteiger partial charge in [0.05, 0.1) is 17.9 Å². The van der Waals surface area contributed by atoms with Crippen molar-refractivity contribution in [3.05, 3.63) is 26.1 Å². The summed E-state index contributed by atoms with van der Waals surface area (Å²) in [5, 5.41) is 0. The lowest BCUT2D eigenvalue weighted by Gasteiger charge is -2.10. The van der Waals surface area contributed by atoms with Gasteiger partial charge in [-0.2, -0.15) is 0 Å². The van der Waals surface area contributed by atoms with Gasteiger partial charge in [0.1, 0.15) is 0 Å². The Morgan fingerprint density at radius 1 is 1.53 bits per heavy atom. The van der Waals surface area contributed by atoms with Crippen LogP contribution in [0.15, 0.2) is 15.0 Å². The van der Waals surface area contributed by atoms with Gasteiger partial charge in [0.25, 0.3) is 0 Å². The van der Waals surface area contributed by atoms with Gasteiger partial charge in [0.2, 0.25) is 0 Å². The summed E-state index contributed by atoms with van der Waals surface area (Å²) in [6, 6.07) is 1.67. The van der Waals surface area contributed by atoms with Gasteiger partial charge in [-0.05, 0) is 41.4 Å². The number of halogens is 2. The summed E-state index contributed by atoms with van der Waals surface area (Å²) in [7, 11) is 0. The van der Waals surface area contributed by atoms with E-state index in [1.165, 1.54) is 0 Å². The molecule has 0 atom stereocenters. The maximum absolute atomic E-state index is 11.5. The smallest absolute Gasteiger partial charge is 0.340 e. The molecule has 0 aromatic heterocycles. The summed E-state index contributed by atoms with van der Waals surface area (Å²) in [4.78, 5) is 11.5. The maximum atomic E-state index is 11.5. The Morgan fingerprint density at radius 3 is 2.67 bits per heavy atom. The highest BCUT2D eigenvalue weighted by Crippen LogP contribution is 2.33. The highest BCUT2D eigenvalue weighted by Gasteiger charge is 2.16. The maximum Gasteiger partial charge on any atom is 0.340 e. The van der Waals surface area contributed by atoms with E-state index in [0.29, 0.717) is 17.9 Å². The summed E-state index contributed by atoms with van der Waals surface area (Å²) in [5.41, 5.74) is 7.56. The number of esters is 1. The molecule has 0 aliphatic heterocycles. The molecular weight excluding hydrogens is 326 g/mol. The van der Waals surface area contributed by atoms with Crippen LogP contribution >= 0.6 is 31.9 Å². The second-order valence-corrected chi connectivity index (χ2v) is 4.63. The van der Waals surface area contributed by atoms with Gasteiger partial charge in [0.15, 0.2) is 0 Å². The average molecular weight is 337 g/mol. The molecule has 1 aromatic rings. The molecule has 0 spiro atoms. The van der Waals surface area contributed by atoms with E-state index < -0.39 is 5.97 Å². The quantitative estimate of drug-likeness (QED) is 0.666. The minimum absolute atomic E-state index is 0.335. The second kappa shape index (κ2) is 4.99. The third kappa shape index (κ3) is 2.52. The van der Waals surface area contributed by atoms with E-state index in [1.54, 1.807) is 13.0 Å². The highest BCUT2D eigenvalue weighted by molar-refractivity contribution is 9.11. The number of benzene rings is 1. The normalized spacial score (nSPS) is 10.1. The molecule has 5 heteroatoms. The molecule has 0 unspecified atom stereocenters. The predicted molar refractivity (Wildman–Crippen MR) is 66.9 cm³/mol. The zero-order chi connectivity index (χ0) is 11.6. The van der Waals surface area contributed by atoms with Crippen LogP contribution in [0.5, 0.6) is 0 Å². The minimum Gasteiger partial charge on any atom is -0.462 e. The molecule has 1 rings (SSSR count). The van der Waals surface area contributed by atoms with Crippen molar-refractivity contribution < 1.29 is 9.53 Å².